The van der Waals surface area contributed by atoms with Crippen LogP contribution in [-0.4, -0.2) is 11.1 Å². The standard InChI is InChI=1S/C8H3ClFNO2/c9-5-1-4(3-11)7(10)6(2-5)8(12)13/h1-2H,(H,12,13). The van der Waals surface area contributed by atoms with E-state index in [0.29, 0.717) is 0 Å². The van der Waals surface area contributed by atoms with Gasteiger partial charge >= 0.3 is 5.97 Å². The smallest absolute Gasteiger partial charge is 0.338 e. The normalized spacial score (nSPS) is 9.31. The van der Waals surface area contributed by atoms with Gasteiger partial charge in [-0.1, -0.05) is 11.6 Å². The summed E-state index contributed by atoms with van der Waals surface area (Å²) in [6, 6.07) is 3.54. The van der Waals surface area contributed by atoms with Crippen molar-refractivity contribution in [2.45, 2.75) is 0 Å². The second kappa shape index (κ2) is 3.42. The summed E-state index contributed by atoms with van der Waals surface area (Å²) in [6.45, 7) is 0. The number of nitriles is 1. The molecule has 66 valence electrons. The molecule has 0 aromatic heterocycles. The van der Waals surface area contributed by atoms with Crippen LogP contribution in [0, 0.1) is 17.1 Å². The van der Waals surface area contributed by atoms with E-state index in [2.05, 4.69) is 0 Å². The van der Waals surface area contributed by atoms with Crippen LogP contribution in [0.5, 0.6) is 0 Å². The Balaban J connectivity index is 3.47. The van der Waals surface area contributed by atoms with Crippen LogP contribution in [0.1, 0.15) is 15.9 Å². The van der Waals surface area contributed by atoms with Gasteiger partial charge in [0.05, 0.1) is 11.1 Å². The number of hydrogen-bond acceptors (Lipinski definition) is 2. The van der Waals surface area contributed by atoms with E-state index in [1.54, 1.807) is 0 Å². The molecule has 1 N–H and O–H groups in total. The molecule has 5 heteroatoms. The SMILES string of the molecule is N#Cc1cc(Cl)cc(C(=O)O)c1F. The molecule has 0 saturated carbocycles. The minimum Gasteiger partial charge on any atom is -0.478 e. The lowest BCUT2D eigenvalue weighted by Gasteiger charge is -1.99. The topological polar surface area (TPSA) is 61.1 Å². The van der Waals surface area contributed by atoms with Gasteiger partial charge in [0.1, 0.15) is 6.07 Å². The number of carboxylic acid groups (broad SMARTS) is 1. The number of carboxylic acids is 1. The molecule has 0 aliphatic rings. The van der Waals surface area contributed by atoms with E-state index in [0.717, 1.165) is 12.1 Å². The largest absolute Gasteiger partial charge is 0.478 e. The molecule has 3 nitrogen and oxygen atoms in total. The highest BCUT2D eigenvalue weighted by atomic mass is 35.5. The third-order valence-electron chi connectivity index (χ3n) is 1.39. The van der Waals surface area contributed by atoms with E-state index in [9.17, 15) is 9.18 Å². The molecule has 0 saturated heterocycles. The Bertz CT molecular complexity index is 411. The highest BCUT2D eigenvalue weighted by molar-refractivity contribution is 6.31. The Labute approximate surface area is 78.0 Å². The molecule has 0 unspecified atom stereocenters. The average molecular weight is 200 g/mol. The molecule has 0 radical (unpaired) electrons. The van der Waals surface area contributed by atoms with Crippen molar-refractivity contribution in [3.63, 3.8) is 0 Å². The highest BCUT2D eigenvalue weighted by Crippen LogP contribution is 2.19. The van der Waals surface area contributed by atoms with Gasteiger partial charge in [-0.05, 0) is 12.1 Å². The lowest BCUT2D eigenvalue weighted by atomic mass is 10.1. The first-order chi connectivity index (χ1) is 6.06. The van der Waals surface area contributed by atoms with E-state index >= 15 is 0 Å². The summed E-state index contributed by atoms with van der Waals surface area (Å²) in [5, 5.41) is 16.9. The van der Waals surface area contributed by atoms with Gasteiger partial charge in [0.25, 0.3) is 0 Å². The number of halogens is 2. The summed E-state index contributed by atoms with van der Waals surface area (Å²) in [7, 11) is 0. The van der Waals surface area contributed by atoms with E-state index in [4.69, 9.17) is 22.0 Å². The molecule has 0 heterocycles. The first-order valence-corrected chi connectivity index (χ1v) is 3.56. The number of benzene rings is 1. The fourth-order valence-electron chi connectivity index (χ4n) is 0.826. The fraction of sp³-hybridized carbons (Fsp3) is 0. The molecule has 0 atom stereocenters. The Hall–Kier alpha value is -1.60. The third kappa shape index (κ3) is 1.76. The molecular weight excluding hydrogens is 197 g/mol. The van der Waals surface area contributed by atoms with Gasteiger partial charge in [-0.3, -0.25) is 0 Å². The van der Waals surface area contributed by atoms with Crippen molar-refractivity contribution in [3.05, 3.63) is 34.1 Å². The van der Waals surface area contributed by atoms with E-state index in [1.807, 2.05) is 0 Å². The lowest BCUT2D eigenvalue weighted by molar-refractivity contribution is 0.0692. The van der Waals surface area contributed by atoms with Crippen LogP contribution >= 0.6 is 11.6 Å². The molecule has 13 heavy (non-hydrogen) atoms. The first kappa shape index (κ1) is 9.49. The van der Waals surface area contributed by atoms with Gasteiger partial charge in [0, 0.05) is 5.02 Å². The van der Waals surface area contributed by atoms with Gasteiger partial charge in [0.2, 0.25) is 0 Å². The van der Waals surface area contributed by atoms with Crippen LogP contribution in [-0.2, 0) is 0 Å². The molecule has 0 amide bonds. The van der Waals surface area contributed by atoms with Gasteiger partial charge < -0.3 is 5.11 Å². The van der Waals surface area contributed by atoms with Crippen LogP contribution in [0.3, 0.4) is 0 Å². The Kier molecular flexibility index (Phi) is 2.49. The molecule has 1 aromatic rings. The van der Waals surface area contributed by atoms with Crippen molar-refractivity contribution in [1.29, 1.82) is 5.26 Å². The van der Waals surface area contributed by atoms with Gasteiger partial charge in [-0.2, -0.15) is 5.26 Å². The predicted molar refractivity (Wildman–Crippen MR) is 43.1 cm³/mol. The monoisotopic (exact) mass is 199 g/mol. The number of hydrogen-bond donors (Lipinski definition) is 1. The van der Waals surface area contributed by atoms with Crippen molar-refractivity contribution < 1.29 is 14.3 Å². The number of aromatic carboxylic acids is 1. The maximum Gasteiger partial charge on any atom is 0.338 e. The van der Waals surface area contributed by atoms with Crippen LogP contribution in [0.25, 0.3) is 0 Å². The fourth-order valence-corrected chi connectivity index (χ4v) is 1.04. The molecule has 0 spiro atoms. The second-order valence-corrected chi connectivity index (χ2v) is 2.67. The van der Waals surface area contributed by atoms with E-state index in [1.165, 1.54) is 6.07 Å². The number of rotatable bonds is 1. The Morgan fingerprint density at radius 2 is 2.23 bits per heavy atom. The van der Waals surface area contributed by atoms with Gasteiger partial charge in [-0.15, -0.1) is 0 Å². The Morgan fingerprint density at radius 3 is 2.69 bits per heavy atom. The average Bonchev–Trinajstić information content (AvgIpc) is 2.08. The van der Waals surface area contributed by atoms with Gasteiger partial charge in [-0.25, -0.2) is 9.18 Å². The number of carbonyl (C=O) groups is 1. The third-order valence-corrected chi connectivity index (χ3v) is 1.61. The minimum atomic E-state index is -1.45. The minimum absolute atomic E-state index is 0.0235. The van der Waals surface area contributed by atoms with Crippen molar-refractivity contribution in [2.75, 3.05) is 0 Å². The molecule has 0 bridgehead atoms. The summed E-state index contributed by atoms with van der Waals surface area (Å²) in [5.41, 5.74) is -0.964. The van der Waals surface area contributed by atoms with Gasteiger partial charge in [0.15, 0.2) is 5.82 Å². The highest BCUT2D eigenvalue weighted by Gasteiger charge is 2.15. The van der Waals surface area contributed by atoms with E-state index in [-0.39, 0.29) is 10.6 Å². The maximum atomic E-state index is 13.0. The van der Waals surface area contributed by atoms with Crippen molar-refractivity contribution >= 4 is 17.6 Å². The quantitative estimate of drug-likeness (QED) is 0.753. The predicted octanol–water partition coefficient (Wildman–Crippen LogP) is 2.05. The number of nitrogens with zero attached hydrogens (tertiary/aromatic N) is 1. The van der Waals surface area contributed by atoms with Crippen molar-refractivity contribution in [3.8, 4) is 6.07 Å². The van der Waals surface area contributed by atoms with Crippen molar-refractivity contribution in [1.82, 2.24) is 0 Å². The van der Waals surface area contributed by atoms with Crippen LogP contribution in [0.4, 0.5) is 4.39 Å². The summed E-state index contributed by atoms with van der Waals surface area (Å²) in [4.78, 5) is 10.4. The molecular formula is C8H3ClFNO2. The van der Waals surface area contributed by atoms with Crippen LogP contribution in [0.15, 0.2) is 12.1 Å². The van der Waals surface area contributed by atoms with Crippen LogP contribution in [0.2, 0.25) is 5.02 Å². The van der Waals surface area contributed by atoms with Crippen molar-refractivity contribution in [2.24, 2.45) is 0 Å². The van der Waals surface area contributed by atoms with Crippen LogP contribution < -0.4 is 0 Å². The summed E-state index contributed by atoms with van der Waals surface area (Å²) in [6.07, 6.45) is 0. The first-order valence-electron chi connectivity index (χ1n) is 3.18. The molecule has 1 rings (SSSR count). The molecule has 0 aliphatic heterocycles. The zero-order chi connectivity index (χ0) is 10.0. The molecule has 0 aliphatic carbocycles. The zero-order valence-corrected chi connectivity index (χ0v) is 6.97. The van der Waals surface area contributed by atoms with E-state index < -0.39 is 17.3 Å². The lowest BCUT2D eigenvalue weighted by Crippen LogP contribution is -2.02. The molecule has 1 aromatic carbocycles. The molecule has 0 fully saturated rings. The second-order valence-electron chi connectivity index (χ2n) is 2.23. The summed E-state index contributed by atoms with van der Waals surface area (Å²) < 4.78 is 13.0. The maximum absolute atomic E-state index is 13.0. The Morgan fingerprint density at radius 1 is 1.62 bits per heavy atom. The summed E-state index contributed by atoms with van der Waals surface area (Å²) >= 11 is 5.46. The zero-order valence-electron chi connectivity index (χ0n) is 6.21. The summed E-state index contributed by atoms with van der Waals surface area (Å²) in [5.74, 6) is -2.50.